The van der Waals surface area contributed by atoms with Crippen molar-refractivity contribution in [2.24, 2.45) is 0 Å². The monoisotopic (exact) mass is 429 g/mol. The van der Waals surface area contributed by atoms with Crippen molar-refractivity contribution in [2.75, 3.05) is 0 Å². The minimum absolute atomic E-state index is 0.0690. The van der Waals surface area contributed by atoms with Crippen LogP contribution in [0, 0.1) is 20.8 Å². The SMILES string of the molecule is Cc1cc(C(=O)O)ccc1-n1c(C)cc(/C=c2\sc3nc4ccccc4n3c2=O)c1C. The van der Waals surface area contributed by atoms with Crippen molar-refractivity contribution in [1.29, 1.82) is 0 Å². The maximum atomic E-state index is 13.1. The second kappa shape index (κ2) is 6.92. The van der Waals surface area contributed by atoms with E-state index < -0.39 is 5.97 Å². The van der Waals surface area contributed by atoms with Gasteiger partial charge in [-0.1, -0.05) is 23.5 Å². The molecular weight excluding hydrogens is 410 g/mol. The Labute approximate surface area is 181 Å². The van der Waals surface area contributed by atoms with Crippen molar-refractivity contribution in [2.45, 2.75) is 20.8 Å². The van der Waals surface area contributed by atoms with Crippen molar-refractivity contribution in [3.8, 4) is 5.69 Å². The van der Waals surface area contributed by atoms with Crippen LogP contribution < -0.4 is 10.1 Å². The first-order valence-electron chi connectivity index (χ1n) is 9.80. The molecule has 3 aromatic heterocycles. The fraction of sp³-hybridized carbons (Fsp3) is 0.125. The number of carbonyl (C=O) groups is 1. The van der Waals surface area contributed by atoms with Gasteiger partial charge < -0.3 is 9.67 Å². The number of rotatable bonds is 3. The summed E-state index contributed by atoms with van der Waals surface area (Å²) in [4.78, 5) is 29.6. The lowest BCUT2D eigenvalue weighted by molar-refractivity contribution is 0.0697. The summed E-state index contributed by atoms with van der Waals surface area (Å²) in [5, 5.41) is 9.23. The van der Waals surface area contributed by atoms with Gasteiger partial charge in [-0.3, -0.25) is 4.79 Å². The van der Waals surface area contributed by atoms with Gasteiger partial charge in [-0.15, -0.1) is 0 Å². The number of imidazole rings is 1. The molecular formula is C24H19N3O3S. The van der Waals surface area contributed by atoms with Crippen molar-refractivity contribution in [3.05, 3.63) is 91.5 Å². The topological polar surface area (TPSA) is 76.6 Å². The van der Waals surface area contributed by atoms with Gasteiger partial charge in [-0.05, 0) is 74.4 Å². The molecule has 0 bridgehead atoms. The van der Waals surface area contributed by atoms with Crippen molar-refractivity contribution >= 4 is 39.4 Å². The van der Waals surface area contributed by atoms with E-state index >= 15 is 0 Å². The number of hydrogen-bond acceptors (Lipinski definition) is 4. The molecule has 0 atom stereocenters. The Morgan fingerprint density at radius 2 is 1.87 bits per heavy atom. The van der Waals surface area contributed by atoms with Crippen LogP contribution in [0.15, 0.2) is 53.3 Å². The number of carboxylic acids is 1. The van der Waals surface area contributed by atoms with Gasteiger partial charge in [-0.2, -0.15) is 0 Å². The third-order valence-corrected chi connectivity index (χ3v) is 6.56. The molecule has 3 heterocycles. The zero-order valence-corrected chi connectivity index (χ0v) is 18.0. The Balaban J connectivity index is 1.67. The molecule has 0 saturated heterocycles. The van der Waals surface area contributed by atoms with E-state index in [2.05, 4.69) is 9.55 Å². The standard InChI is InChI=1S/C24H19N3O3S/c1-13-10-16(23(29)30)8-9-19(13)26-14(2)11-17(15(26)3)12-21-22(28)27-20-7-5-4-6-18(20)25-24(27)31-21/h4-12H,1-3H3,(H,29,30)/b21-12-. The predicted octanol–water partition coefficient (Wildman–Crippen LogP) is 3.87. The van der Waals surface area contributed by atoms with E-state index in [0.717, 1.165) is 39.2 Å². The maximum absolute atomic E-state index is 13.1. The lowest BCUT2D eigenvalue weighted by Gasteiger charge is -2.13. The van der Waals surface area contributed by atoms with Gasteiger partial charge in [0.2, 0.25) is 0 Å². The predicted molar refractivity (Wildman–Crippen MR) is 123 cm³/mol. The Hall–Kier alpha value is -3.71. The van der Waals surface area contributed by atoms with Gasteiger partial charge >= 0.3 is 5.97 Å². The fourth-order valence-corrected chi connectivity index (χ4v) is 5.07. The molecule has 0 aliphatic carbocycles. The van der Waals surface area contributed by atoms with Crippen LogP contribution >= 0.6 is 11.3 Å². The normalized spacial score (nSPS) is 12.3. The number of nitrogens with zero attached hydrogens (tertiary/aromatic N) is 3. The molecule has 31 heavy (non-hydrogen) atoms. The fourth-order valence-electron chi connectivity index (χ4n) is 4.10. The molecule has 6 nitrogen and oxygen atoms in total. The smallest absolute Gasteiger partial charge is 0.335 e. The molecule has 0 aliphatic heterocycles. The van der Waals surface area contributed by atoms with Crippen LogP contribution in [0.3, 0.4) is 0 Å². The molecule has 1 N–H and O–H groups in total. The van der Waals surface area contributed by atoms with E-state index in [1.807, 2.05) is 63.2 Å². The molecule has 0 spiro atoms. The molecule has 0 fully saturated rings. The highest BCUT2D eigenvalue weighted by molar-refractivity contribution is 7.15. The molecule has 0 amide bonds. The zero-order chi connectivity index (χ0) is 21.9. The summed E-state index contributed by atoms with van der Waals surface area (Å²) >= 11 is 1.38. The molecule has 2 aromatic carbocycles. The Morgan fingerprint density at radius 1 is 1.10 bits per heavy atom. The highest BCUT2D eigenvalue weighted by Gasteiger charge is 2.15. The summed E-state index contributed by atoms with van der Waals surface area (Å²) in [6.45, 7) is 5.91. The van der Waals surface area contributed by atoms with Gasteiger partial charge in [-0.25, -0.2) is 14.2 Å². The van der Waals surface area contributed by atoms with Crippen LogP contribution in [-0.2, 0) is 0 Å². The molecule has 7 heteroatoms. The van der Waals surface area contributed by atoms with E-state index in [1.165, 1.54) is 11.3 Å². The summed E-state index contributed by atoms with van der Waals surface area (Å²) in [5.41, 5.74) is 6.57. The third kappa shape index (κ3) is 2.97. The third-order valence-electron chi connectivity index (χ3n) is 5.59. The number of aromatic carboxylic acids is 1. The number of hydrogen-bond donors (Lipinski definition) is 1. The molecule has 0 aliphatic rings. The lowest BCUT2D eigenvalue weighted by atomic mass is 10.1. The summed E-state index contributed by atoms with van der Waals surface area (Å²) in [7, 11) is 0. The zero-order valence-electron chi connectivity index (χ0n) is 17.2. The van der Waals surface area contributed by atoms with Crippen molar-refractivity contribution < 1.29 is 9.90 Å². The van der Waals surface area contributed by atoms with Gasteiger partial charge in [0, 0.05) is 17.1 Å². The summed E-state index contributed by atoms with van der Waals surface area (Å²) < 4.78 is 4.39. The minimum Gasteiger partial charge on any atom is -0.478 e. The molecule has 0 radical (unpaired) electrons. The molecule has 5 aromatic rings. The van der Waals surface area contributed by atoms with E-state index in [-0.39, 0.29) is 11.1 Å². The largest absolute Gasteiger partial charge is 0.478 e. The van der Waals surface area contributed by atoms with Crippen LogP contribution in [0.1, 0.15) is 32.9 Å². The van der Waals surface area contributed by atoms with Gasteiger partial charge in [0.25, 0.3) is 5.56 Å². The lowest BCUT2D eigenvalue weighted by Crippen LogP contribution is -2.22. The minimum atomic E-state index is -0.942. The van der Waals surface area contributed by atoms with E-state index in [0.29, 0.717) is 9.49 Å². The number of para-hydroxylation sites is 2. The van der Waals surface area contributed by atoms with E-state index in [4.69, 9.17) is 0 Å². The van der Waals surface area contributed by atoms with Gasteiger partial charge in [0.05, 0.1) is 21.1 Å². The summed E-state index contributed by atoms with van der Waals surface area (Å²) in [5.74, 6) is -0.942. The first-order valence-corrected chi connectivity index (χ1v) is 10.6. The number of thiazole rings is 1. The second-order valence-corrected chi connectivity index (χ2v) is 8.61. The first-order chi connectivity index (χ1) is 14.8. The first kappa shape index (κ1) is 19.3. The number of aryl methyl sites for hydroxylation is 2. The molecule has 154 valence electrons. The molecule has 5 rings (SSSR count). The second-order valence-electron chi connectivity index (χ2n) is 7.60. The number of carboxylic acid groups (broad SMARTS) is 1. The van der Waals surface area contributed by atoms with Gasteiger partial charge in [0.15, 0.2) is 4.96 Å². The Morgan fingerprint density at radius 3 is 2.61 bits per heavy atom. The quantitative estimate of drug-likeness (QED) is 0.472. The van der Waals surface area contributed by atoms with Crippen LogP contribution in [0.2, 0.25) is 0 Å². The average molecular weight is 430 g/mol. The van der Waals surface area contributed by atoms with E-state index in [1.54, 1.807) is 16.5 Å². The molecule has 0 unspecified atom stereocenters. The van der Waals surface area contributed by atoms with E-state index in [9.17, 15) is 14.7 Å². The van der Waals surface area contributed by atoms with Crippen molar-refractivity contribution in [3.63, 3.8) is 0 Å². The number of benzene rings is 2. The number of aromatic nitrogens is 3. The van der Waals surface area contributed by atoms with Gasteiger partial charge in [0.1, 0.15) is 0 Å². The average Bonchev–Trinajstić information content (AvgIpc) is 3.33. The van der Waals surface area contributed by atoms with Crippen LogP contribution in [0.25, 0.3) is 27.8 Å². The summed E-state index contributed by atoms with van der Waals surface area (Å²) in [6, 6.07) is 14.8. The van der Waals surface area contributed by atoms with Crippen molar-refractivity contribution in [1.82, 2.24) is 14.0 Å². The highest BCUT2D eigenvalue weighted by atomic mass is 32.1. The summed E-state index contributed by atoms with van der Waals surface area (Å²) in [6.07, 6.45) is 1.91. The maximum Gasteiger partial charge on any atom is 0.335 e. The number of fused-ring (bicyclic) bond motifs is 3. The van der Waals surface area contributed by atoms with Crippen LogP contribution in [0.5, 0.6) is 0 Å². The highest BCUT2D eigenvalue weighted by Crippen LogP contribution is 2.25. The Bertz CT molecular complexity index is 1620. The molecule has 0 saturated carbocycles. The van der Waals surface area contributed by atoms with Crippen LogP contribution in [-0.4, -0.2) is 25.0 Å². The van der Waals surface area contributed by atoms with Crippen LogP contribution in [0.4, 0.5) is 0 Å². The Kier molecular flexibility index (Phi) is 4.30.